The molecule has 0 aromatic heterocycles. The minimum absolute atomic E-state index is 0.170. The maximum atomic E-state index is 11.0. The zero-order valence-corrected chi connectivity index (χ0v) is 21.3. The van der Waals surface area contributed by atoms with Crippen LogP contribution >= 0.6 is 0 Å². The second-order valence-electron chi connectivity index (χ2n) is 10.2. The SMILES string of the molecule is CCCCCCCCCCCCO[C@H]1O[C@H](CO)[C@@H](O[C@H]2O[C@H](CO)[C@@H](O)[C@H](O)[C@H]2O)[C@H](O)[C@]12CO2. The highest BCUT2D eigenvalue weighted by molar-refractivity contribution is 5.10. The van der Waals surface area contributed by atoms with Crippen LogP contribution in [-0.2, 0) is 23.7 Å². The third kappa shape index (κ3) is 7.35. The first-order valence-corrected chi connectivity index (χ1v) is 13.6. The van der Waals surface area contributed by atoms with E-state index >= 15 is 0 Å². The molecule has 6 N–H and O–H groups in total. The fraction of sp³-hybridized carbons (Fsp3) is 1.00. The highest BCUT2D eigenvalue weighted by atomic mass is 16.8. The molecule has 1 spiro atoms. The highest BCUT2D eigenvalue weighted by Gasteiger charge is 2.66. The molecule has 11 heteroatoms. The maximum Gasteiger partial charge on any atom is 0.192 e. The van der Waals surface area contributed by atoms with Gasteiger partial charge < -0.3 is 54.3 Å². The van der Waals surface area contributed by atoms with Crippen molar-refractivity contribution in [1.82, 2.24) is 0 Å². The van der Waals surface area contributed by atoms with E-state index in [1.54, 1.807) is 0 Å². The van der Waals surface area contributed by atoms with Gasteiger partial charge in [0.25, 0.3) is 0 Å². The number of rotatable bonds is 16. The number of epoxide rings is 1. The molecule has 3 aliphatic rings. The Hall–Kier alpha value is -0.440. The molecule has 0 amide bonds. The lowest BCUT2D eigenvalue weighted by Gasteiger charge is -2.46. The Balaban J connectivity index is 1.44. The van der Waals surface area contributed by atoms with Crippen molar-refractivity contribution in [3.63, 3.8) is 0 Å². The third-order valence-corrected chi connectivity index (χ3v) is 7.44. The van der Waals surface area contributed by atoms with E-state index in [4.69, 9.17) is 23.7 Å². The fourth-order valence-corrected chi connectivity index (χ4v) is 4.97. The van der Waals surface area contributed by atoms with E-state index in [1.807, 2.05) is 0 Å². The summed E-state index contributed by atoms with van der Waals surface area (Å²) in [5.74, 6) is 0. The number of aliphatic hydroxyl groups is 6. The molecule has 3 saturated heterocycles. The minimum Gasteiger partial charge on any atom is -0.394 e. The first-order chi connectivity index (χ1) is 17.4. The van der Waals surface area contributed by atoms with Gasteiger partial charge in [-0.3, -0.25) is 0 Å². The van der Waals surface area contributed by atoms with Gasteiger partial charge in [-0.1, -0.05) is 64.7 Å². The molecular weight excluding hydrogens is 476 g/mol. The Bertz CT molecular complexity index is 617. The second kappa shape index (κ2) is 14.6. The number of hydrogen-bond acceptors (Lipinski definition) is 11. The summed E-state index contributed by atoms with van der Waals surface area (Å²) in [5.41, 5.74) is -1.16. The molecule has 36 heavy (non-hydrogen) atoms. The van der Waals surface area contributed by atoms with Crippen molar-refractivity contribution in [1.29, 1.82) is 0 Å². The molecular formula is C25H46O11. The Kier molecular flexibility index (Phi) is 12.2. The molecule has 3 aliphatic heterocycles. The van der Waals surface area contributed by atoms with Gasteiger partial charge in [0, 0.05) is 6.61 Å². The first-order valence-electron chi connectivity index (χ1n) is 13.6. The monoisotopic (exact) mass is 522 g/mol. The molecule has 3 fully saturated rings. The van der Waals surface area contributed by atoms with E-state index < -0.39 is 74.1 Å². The van der Waals surface area contributed by atoms with Gasteiger partial charge in [-0.2, -0.15) is 0 Å². The fourth-order valence-electron chi connectivity index (χ4n) is 4.97. The molecule has 10 atom stereocenters. The van der Waals surface area contributed by atoms with E-state index in [9.17, 15) is 30.6 Å². The molecule has 0 radical (unpaired) electrons. The molecule has 11 nitrogen and oxygen atoms in total. The molecule has 0 saturated carbocycles. The van der Waals surface area contributed by atoms with Crippen LogP contribution in [0.15, 0.2) is 0 Å². The summed E-state index contributed by atoms with van der Waals surface area (Å²) in [5, 5.41) is 60.6. The normalized spacial score (nSPS) is 40.6. The van der Waals surface area contributed by atoms with Gasteiger partial charge in [0.2, 0.25) is 0 Å². The second-order valence-corrected chi connectivity index (χ2v) is 10.2. The quantitative estimate of drug-likeness (QED) is 0.119. The predicted molar refractivity (Wildman–Crippen MR) is 127 cm³/mol. The Morgan fingerprint density at radius 2 is 1.33 bits per heavy atom. The molecule has 0 aliphatic carbocycles. The lowest BCUT2D eigenvalue weighted by molar-refractivity contribution is -0.355. The third-order valence-electron chi connectivity index (χ3n) is 7.44. The van der Waals surface area contributed by atoms with E-state index in [-0.39, 0.29) is 6.61 Å². The summed E-state index contributed by atoms with van der Waals surface area (Å²) in [6.07, 6.45) is 0.207. The van der Waals surface area contributed by atoms with Gasteiger partial charge in [-0.05, 0) is 6.42 Å². The van der Waals surface area contributed by atoms with Gasteiger partial charge in [-0.15, -0.1) is 0 Å². The van der Waals surface area contributed by atoms with Crippen molar-refractivity contribution in [2.24, 2.45) is 0 Å². The van der Waals surface area contributed by atoms with Gasteiger partial charge >= 0.3 is 0 Å². The van der Waals surface area contributed by atoms with Crippen molar-refractivity contribution >= 4 is 0 Å². The molecule has 0 aromatic rings. The van der Waals surface area contributed by atoms with Crippen molar-refractivity contribution in [2.45, 2.75) is 132 Å². The lowest BCUT2D eigenvalue weighted by Crippen LogP contribution is -2.66. The number of aliphatic hydroxyl groups excluding tert-OH is 6. The zero-order valence-electron chi connectivity index (χ0n) is 21.3. The van der Waals surface area contributed by atoms with Gasteiger partial charge in [0.05, 0.1) is 19.8 Å². The van der Waals surface area contributed by atoms with Crippen LogP contribution in [0.4, 0.5) is 0 Å². The molecule has 0 unspecified atom stereocenters. The van der Waals surface area contributed by atoms with Crippen molar-refractivity contribution in [3.8, 4) is 0 Å². The van der Waals surface area contributed by atoms with E-state index in [0.29, 0.717) is 6.61 Å². The van der Waals surface area contributed by atoms with Crippen LogP contribution in [0.25, 0.3) is 0 Å². The Morgan fingerprint density at radius 1 is 0.750 bits per heavy atom. The first kappa shape index (κ1) is 30.1. The number of hydrogen-bond donors (Lipinski definition) is 6. The average Bonchev–Trinajstić information content (AvgIpc) is 3.68. The van der Waals surface area contributed by atoms with E-state index in [2.05, 4.69) is 6.92 Å². The van der Waals surface area contributed by atoms with Crippen LogP contribution in [0.5, 0.6) is 0 Å². The summed E-state index contributed by atoms with van der Waals surface area (Å²) in [7, 11) is 0. The number of ether oxygens (including phenoxy) is 5. The van der Waals surface area contributed by atoms with Crippen LogP contribution in [0, 0.1) is 0 Å². The predicted octanol–water partition coefficient (Wildman–Crippen LogP) is -0.0439. The average molecular weight is 523 g/mol. The van der Waals surface area contributed by atoms with Crippen LogP contribution < -0.4 is 0 Å². The largest absolute Gasteiger partial charge is 0.394 e. The summed E-state index contributed by atoms with van der Waals surface area (Å²) in [4.78, 5) is 0. The molecule has 0 aromatic carbocycles. The summed E-state index contributed by atoms with van der Waals surface area (Å²) >= 11 is 0. The topological polar surface area (TPSA) is 171 Å². The molecule has 3 rings (SSSR count). The van der Waals surface area contributed by atoms with Crippen LogP contribution in [0.1, 0.15) is 71.1 Å². The van der Waals surface area contributed by atoms with Crippen molar-refractivity contribution < 1.29 is 54.3 Å². The van der Waals surface area contributed by atoms with Gasteiger partial charge in [-0.25, -0.2) is 0 Å². The standard InChI is InChI=1S/C25H46O11/c1-2-3-4-5-6-7-8-9-10-11-12-32-24-25(15-33-25)22(31)21(17(14-27)35-24)36-23-20(30)19(29)18(28)16(13-26)34-23/h16-24,26-31H,2-15H2,1H3/t16-,17-,18-,19+,20-,21-,22+,23-,24+,25-/m1/s1. The molecule has 212 valence electrons. The number of unbranched alkanes of at least 4 members (excludes halogenated alkanes) is 9. The van der Waals surface area contributed by atoms with Crippen LogP contribution in [0.3, 0.4) is 0 Å². The van der Waals surface area contributed by atoms with E-state index in [0.717, 1.165) is 19.3 Å². The lowest BCUT2D eigenvalue weighted by atomic mass is 9.90. The van der Waals surface area contributed by atoms with Crippen LogP contribution in [0.2, 0.25) is 0 Å². The summed E-state index contributed by atoms with van der Waals surface area (Å²) in [6.45, 7) is 1.70. The van der Waals surface area contributed by atoms with Gasteiger partial charge in [0.15, 0.2) is 18.2 Å². The highest BCUT2D eigenvalue weighted by Crippen LogP contribution is 2.44. The Labute approximate surface area is 213 Å². The van der Waals surface area contributed by atoms with E-state index in [1.165, 1.54) is 44.9 Å². The maximum absolute atomic E-state index is 11.0. The van der Waals surface area contributed by atoms with Crippen molar-refractivity contribution in [3.05, 3.63) is 0 Å². The molecule has 3 heterocycles. The zero-order chi connectivity index (χ0) is 26.1. The molecule has 0 bridgehead atoms. The summed E-state index contributed by atoms with van der Waals surface area (Å²) < 4.78 is 28.4. The Morgan fingerprint density at radius 3 is 1.89 bits per heavy atom. The van der Waals surface area contributed by atoms with Crippen LogP contribution in [-0.4, -0.2) is 118 Å². The van der Waals surface area contributed by atoms with Crippen molar-refractivity contribution in [2.75, 3.05) is 26.4 Å². The van der Waals surface area contributed by atoms with Gasteiger partial charge in [0.1, 0.15) is 42.7 Å². The summed E-state index contributed by atoms with van der Waals surface area (Å²) in [6, 6.07) is 0. The smallest absolute Gasteiger partial charge is 0.192 e. The minimum atomic E-state index is -1.64.